The third-order valence-electron chi connectivity index (χ3n) is 10.3. The van der Waals surface area contributed by atoms with Crippen molar-refractivity contribution in [3.05, 3.63) is 131 Å². The molecule has 4 heteroatoms. The van der Waals surface area contributed by atoms with Crippen LogP contribution in [0.1, 0.15) is 98.3 Å². The van der Waals surface area contributed by atoms with Crippen molar-refractivity contribution in [2.45, 2.75) is 103 Å². The fourth-order valence-corrected chi connectivity index (χ4v) is 8.06. The molecule has 2 radical (unpaired) electrons. The van der Waals surface area contributed by atoms with E-state index in [4.69, 9.17) is 17.0 Å². The van der Waals surface area contributed by atoms with E-state index in [1.807, 2.05) is 0 Å². The Morgan fingerprint density at radius 2 is 0.900 bits per heavy atom. The first-order valence-corrected chi connectivity index (χ1v) is 26.9. The van der Waals surface area contributed by atoms with Crippen molar-refractivity contribution in [1.82, 2.24) is 0 Å². The van der Waals surface area contributed by atoms with Gasteiger partial charge in [-0.1, -0.05) is 137 Å². The Kier molecular flexibility index (Phi) is 15.7. The Morgan fingerprint density at radius 1 is 0.540 bits per heavy atom. The van der Waals surface area contributed by atoms with Gasteiger partial charge in [-0.2, -0.15) is 12.1 Å². The molecule has 0 saturated heterocycles. The second-order valence-corrected chi connectivity index (χ2v) is 18.9. The molecule has 0 aliphatic heterocycles. The van der Waals surface area contributed by atoms with Crippen molar-refractivity contribution < 1.29 is 20.8 Å². The minimum atomic E-state index is -0.826. The van der Waals surface area contributed by atoms with Crippen LogP contribution >= 0.6 is 17.0 Å². The van der Waals surface area contributed by atoms with Crippen molar-refractivity contribution in [3.63, 3.8) is 0 Å². The maximum atomic E-state index is 4.93. The fourth-order valence-electron chi connectivity index (χ4n) is 8.06. The average Bonchev–Trinajstić information content (AvgIpc) is 3.74. The molecule has 0 heterocycles. The summed E-state index contributed by atoms with van der Waals surface area (Å²) in [6.07, 6.45) is 13.9. The summed E-state index contributed by atoms with van der Waals surface area (Å²) in [7, 11) is 11.0. The molecule has 0 atom stereocenters. The summed E-state index contributed by atoms with van der Waals surface area (Å²) in [5, 5.41) is 5.50. The third-order valence-corrected chi connectivity index (χ3v) is 10.3. The molecule has 2 aliphatic rings. The van der Waals surface area contributed by atoms with Crippen LogP contribution in [0.3, 0.4) is 0 Å². The molecule has 0 bridgehead atoms. The van der Waals surface area contributed by atoms with Crippen LogP contribution in [0.4, 0.5) is 0 Å². The zero-order valence-electron chi connectivity index (χ0n) is 30.4. The molecule has 2 aliphatic carbocycles. The van der Waals surface area contributed by atoms with E-state index < -0.39 is 20.8 Å². The molecule has 0 spiro atoms. The van der Waals surface area contributed by atoms with Crippen LogP contribution in [-0.4, -0.2) is 9.52 Å². The Balaban J connectivity index is 0.000000168. The van der Waals surface area contributed by atoms with E-state index in [9.17, 15) is 0 Å². The van der Waals surface area contributed by atoms with Gasteiger partial charge in [0.1, 0.15) is 0 Å². The van der Waals surface area contributed by atoms with Crippen molar-refractivity contribution in [1.29, 1.82) is 0 Å². The van der Waals surface area contributed by atoms with E-state index >= 15 is 0 Å². The van der Waals surface area contributed by atoms with Gasteiger partial charge in [0, 0.05) is 9.52 Å². The fraction of sp³-hybridized carbons (Fsp3) is 0.348. The van der Waals surface area contributed by atoms with E-state index in [0.29, 0.717) is 0 Å². The second kappa shape index (κ2) is 20.1. The summed E-state index contributed by atoms with van der Waals surface area (Å²) in [6.45, 7) is 8.67. The van der Waals surface area contributed by atoms with Gasteiger partial charge in [-0.15, -0.1) is 69.1 Å². The van der Waals surface area contributed by atoms with E-state index in [-0.39, 0.29) is 0 Å². The van der Waals surface area contributed by atoms with Gasteiger partial charge in [-0.05, 0) is 59.8 Å². The van der Waals surface area contributed by atoms with Crippen molar-refractivity contribution >= 4 is 48.1 Å². The van der Waals surface area contributed by atoms with E-state index in [1.165, 1.54) is 130 Å². The van der Waals surface area contributed by atoms with E-state index in [2.05, 4.69) is 136 Å². The van der Waals surface area contributed by atoms with Crippen LogP contribution in [0.15, 0.2) is 109 Å². The Morgan fingerprint density at radius 3 is 1.28 bits per heavy atom. The molecular weight excluding hydrogens is 743 g/mol. The summed E-state index contributed by atoms with van der Waals surface area (Å²) in [6, 6.07) is 41.1. The van der Waals surface area contributed by atoms with Gasteiger partial charge >= 0.3 is 37.9 Å². The Hall–Kier alpha value is -2.22. The SMILES string of the molecule is C[Si]C.Cc1cc2c(-c3cccc(C4CCCCC4)c3)cccc2[cH-]1.Cc1cc2c(-c3cccc(C4CCCCC4)c3)cccc2[cH-]1.[Cl][Zr+2][Cl]. The molecule has 0 N–H and O–H groups in total. The van der Waals surface area contributed by atoms with Gasteiger partial charge in [0.15, 0.2) is 0 Å². The van der Waals surface area contributed by atoms with Crippen molar-refractivity contribution in [3.8, 4) is 22.3 Å². The van der Waals surface area contributed by atoms with E-state index in [1.54, 1.807) is 0 Å². The van der Waals surface area contributed by atoms with Crippen LogP contribution in [0, 0.1) is 13.8 Å². The maximum absolute atomic E-state index is 4.93. The Bertz CT molecular complexity index is 1770. The van der Waals surface area contributed by atoms with Crippen LogP contribution in [0.25, 0.3) is 43.8 Å². The normalized spacial score (nSPS) is 14.8. The number of rotatable bonds is 4. The monoisotopic (exact) mass is 792 g/mol. The molecule has 0 amide bonds. The van der Waals surface area contributed by atoms with Crippen molar-refractivity contribution in [2.24, 2.45) is 0 Å². The number of aryl methyl sites for hydroxylation is 2. The molecule has 2 saturated carbocycles. The molecule has 0 aromatic heterocycles. The summed E-state index contributed by atoms with van der Waals surface area (Å²) in [5.74, 6) is 1.55. The first kappa shape index (κ1) is 39.0. The zero-order chi connectivity index (χ0) is 35.3. The third kappa shape index (κ3) is 10.4. The number of benzene rings is 4. The van der Waals surface area contributed by atoms with E-state index in [0.717, 1.165) is 21.4 Å². The molecule has 50 heavy (non-hydrogen) atoms. The van der Waals surface area contributed by atoms with Crippen LogP contribution in [0.5, 0.6) is 0 Å². The van der Waals surface area contributed by atoms with Crippen LogP contribution in [0.2, 0.25) is 13.1 Å². The second-order valence-electron chi connectivity index (χ2n) is 14.2. The minimum absolute atomic E-state index is 0.773. The van der Waals surface area contributed by atoms with Gasteiger partial charge < -0.3 is 0 Å². The van der Waals surface area contributed by atoms with Gasteiger partial charge in [-0.25, -0.2) is 0 Å². The standard InChI is InChI=1S/2C22H23.C2H6Si.2ClH.Zr/c2*1-16-13-19-11-6-12-21(22(19)14-16)20-10-5-9-18(15-20)17-7-3-2-4-8-17;1-3-2;;;/h2*5-6,9-15,17H,2-4,7-8H2,1H3;1-2H3;2*1H;/q2*-1;;;;+4/p-2. The Labute approximate surface area is 323 Å². The topological polar surface area (TPSA) is 0 Å². The predicted molar refractivity (Wildman–Crippen MR) is 220 cm³/mol. The first-order valence-electron chi connectivity index (χ1n) is 18.5. The average molecular weight is 795 g/mol. The van der Waals surface area contributed by atoms with Gasteiger partial charge in [0.2, 0.25) is 0 Å². The van der Waals surface area contributed by atoms with Gasteiger partial charge in [0.05, 0.1) is 0 Å². The van der Waals surface area contributed by atoms with Crippen LogP contribution < -0.4 is 0 Å². The quantitative estimate of drug-likeness (QED) is 0.123. The zero-order valence-corrected chi connectivity index (χ0v) is 35.3. The summed E-state index contributed by atoms with van der Waals surface area (Å²) in [4.78, 5) is 0. The molecule has 6 aromatic carbocycles. The van der Waals surface area contributed by atoms with Crippen molar-refractivity contribution in [2.75, 3.05) is 0 Å². The number of hydrogen-bond acceptors (Lipinski definition) is 0. The molecule has 0 unspecified atom stereocenters. The first-order chi connectivity index (χ1) is 24.4. The molecule has 0 nitrogen and oxygen atoms in total. The molecule has 2 fully saturated rings. The molecule has 8 rings (SSSR count). The molecule has 6 aromatic rings. The molecule has 258 valence electrons. The summed E-state index contributed by atoms with van der Waals surface area (Å²) >= 11 is -0.826. The van der Waals surface area contributed by atoms with Crippen LogP contribution in [-0.2, 0) is 20.8 Å². The summed E-state index contributed by atoms with van der Waals surface area (Å²) in [5.41, 5.74) is 11.3. The van der Waals surface area contributed by atoms with Gasteiger partial charge in [-0.3, -0.25) is 0 Å². The number of fused-ring (bicyclic) bond motifs is 2. The molecular formula is C46H52Cl2SiZr. The van der Waals surface area contributed by atoms with Gasteiger partial charge in [0.25, 0.3) is 0 Å². The predicted octanol–water partition coefficient (Wildman–Crippen LogP) is 15.3. The number of hydrogen-bond donors (Lipinski definition) is 0. The summed E-state index contributed by atoms with van der Waals surface area (Å²) < 4.78 is 0. The number of halogens is 2.